The predicted octanol–water partition coefficient (Wildman–Crippen LogP) is 0.831. The average Bonchev–Trinajstić information content (AvgIpc) is 2.08. The molecule has 0 unspecified atom stereocenters. The normalized spacial score (nSPS) is 24.4. The molecule has 1 aliphatic rings. The molecule has 1 fully saturated rings. The highest BCUT2D eigenvalue weighted by atomic mass is 19.3. The number of carbonyl (C=O) groups is 1. The molecule has 1 aliphatic heterocycles. The summed E-state index contributed by atoms with van der Waals surface area (Å²) in [6, 6.07) is -2.87. The lowest BCUT2D eigenvalue weighted by Crippen LogP contribution is -2.33. The Bertz CT molecular complexity index is 126. The van der Waals surface area contributed by atoms with Crippen LogP contribution in [0.1, 0.15) is 12.8 Å². The number of amides is 1. The van der Waals surface area contributed by atoms with E-state index in [2.05, 4.69) is 0 Å². The Morgan fingerprint density at radius 1 is 1.56 bits per heavy atom. The first kappa shape index (κ1) is 6.45. The first-order valence-corrected chi connectivity index (χ1v) is 2.77. The van der Waals surface area contributed by atoms with E-state index in [9.17, 15) is 13.6 Å². The van der Waals surface area contributed by atoms with Crippen LogP contribution in [-0.4, -0.2) is 23.9 Å². The van der Waals surface area contributed by atoms with Crippen molar-refractivity contribution in [1.29, 1.82) is 0 Å². The summed E-state index contributed by atoms with van der Waals surface area (Å²) in [4.78, 5) is 10.4. The average molecular weight is 135 g/mol. The largest absolute Gasteiger partial charge is 0.327 e. The van der Waals surface area contributed by atoms with Crippen LogP contribution in [0.3, 0.4) is 0 Å². The number of carbonyl (C=O) groups excluding carboxylic acids is 1. The molecule has 0 spiro atoms. The summed E-state index contributed by atoms with van der Waals surface area (Å²) in [6.07, 6.45) is 0.421. The van der Waals surface area contributed by atoms with E-state index in [1.165, 1.54) is 0 Å². The second-order valence-electron chi connectivity index (χ2n) is 2.07. The molecule has 9 heavy (non-hydrogen) atoms. The van der Waals surface area contributed by atoms with Crippen molar-refractivity contribution >= 4 is 6.41 Å². The van der Waals surface area contributed by atoms with E-state index in [0.29, 0.717) is 11.3 Å². The van der Waals surface area contributed by atoms with E-state index in [4.69, 9.17) is 0 Å². The van der Waals surface area contributed by atoms with Crippen LogP contribution < -0.4 is 0 Å². The van der Waals surface area contributed by atoms with E-state index in [-0.39, 0.29) is 19.4 Å². The fourth-order valence-electron chi connectivity index (χ4n) is 0.899. The van der Waals surface area contributed by atoms with E-state index >= 15 is 0 Å². The Morgan fingerprint density at radius 3 is 2.44 bits per heavy atom. The van der Waals surface area contributed by atoms with Gasteiger partial charge in [-0.25, -0.2) is 0 Å². The van der Waals surface area contributed by atoms with Gasteiger partial charge in [-0.15, -0.1) is 0 Å². The summed E-state index contributed by atoms with van der Waals surface area (Å²) in [5.41, 5.74) is 0. The summed E-state index contributed by atoms with van der Waals surface area (Å²) >= 11 is 0. The third-order valence-electron chi connectivity index (χ3n) is 1.42. The minimum Gasteiger partial charge on any atom is -0.286 e. The van der Waals surface area contributed by atoms with Gasteiger partial charge < -0.3 is 0 Å². The van der Waals surface area contributed by atoms with Crippen LogP contribution in [0.15, 0.2) is 0 Å². The third kappa shape index (κ3) is 1.01. The second-order valence-corrected chi connectivity index (χ2v) is 2.07. The molecule has 0 aromatic carbocycles. The summed E-state index contributed by atoms with van der Waals surface area (Å²) in [5.74, 6) is 0. The SMILES string of the molecule is O=CN1CCCC1(F)F. The van der Waals surface area contributed by atoms with Crippen LogP contribution >= 0.6 is 0 Å². The van der Waals surface area contributed by atoms with Gasteiger partial charge in [-0.05, 0) is 6.42 Å². The predicted molar refractivity (Wildman–Crippen MR) is 27.0 cm³/mol. The Hall–Kier alpha value is -0.670. The lowest BCUT2D eigenvalue weighted by molar-refractivity contribution is -0.149. The molecule has 0 N–H and O–H groups in total. The summed E-state index contributed by atoms with van der Waals surface area (Å²) < 4.78 is 24.6. The number of hydrogen-bond donors (Lipinski definition) is 0. The zero-order valence-electron chi connectivity index (χ0n) is 4.81. The molecule has 4 heteroatoms. The number of alkyl halides is 2. The maximum Gasteiger partial charge on any atom is 0.327 e. The Labute approximate surface area is 51.4 Å². The van der Waals surface area contributed by atoms with E-state index < -0.39 is 6.05 Å². The van der Waals surface area contributed by atoms with Gasteiger partial charge in [0.25, 0.3) is 0 Å². The highest BCUT2D eigenvalue weighted by Crippen LogP contribution is 2.29. The summed E-state index contributed by atoms with van der Waals surface area (Å²) in [7, 11) is 0. The maximum absolute atomic E-state index is 12.3. The van der Waals surface area contributed by atoms with Crippen molar-refractivity contribution in [2.75, 3.05) is 6.54 Å². The molecule has 0 saturated carbocycles. The summed E-state index contributed by atoms with van der Waals surface area (Å²) in [6.45, 7) is 0.191. The highest BCUT2D eigenvalue weighted by molar-refractivity contribution is 5.48. The smallest absolute Gasteiger partial charge is 0.286 e. The van der Waals surface area contributed by atoms with Gasteiger partial charge in [0.05, 0.1) is 0 Å². The molecule has 0 bridgehead atoms. The number of halogens is 2. The van der Waals surface area contributed by atoms with Crippen molar-refractivity contribution in [2.45, 2.75) is 18.9 Å². The lowest BCUT2D eigenvalue weighted by atomic mass is 10.4. The minimum absolute atomic E-state index is 0.189. The monoisotopic (exact) mass is 135 g/mol. The van der Waals surface area contributed by atoms with Crippen molar-refractivity contribution in [3.05, 3.63) is 0 Å². The second kappa shape index (κ2) is 1.93. The number of hydrogen-bond acceptors (Lipinski definition) is 1. The van der Waals surface area contributed by atoms with Gasteiger partial charge >= 0.3 is 6.05 Å². The topological polar surface area (TPSA) is 20.3 Å². The molecule has 0 radical (unpaired) electrons. The molecule has 0 aliphatic carbocycles. The molecule has 52 valence electrons. The summed E-state index contributed by atoms with van der Waals surface area (Å²) in [5, 5.41) is 0. The number of rotatable bonds is 1. The van der Waals surface area contributed by atoms with Gasteiger partial charge in [0.2, 0.25) is 6.41 Å². The van der Waals surface area contributed by atoms with Gasteiger partial charge in [0.15, 0.2) is 0 Å². The number of likely N-dealkylation sites (tertiary alicyclic amines) is 1. The Balaban J connectivity index is 2.62. The van der Waals surface area contributed by atoms with Gasteiger partial charge in [0.1, 0.15) is 0 Å². The van der Waals surface area contributed by atoms with Gasteiger partial charge in [-0.3, -0.25) is 9.69 Å². The van der Waals surface area contributed by atoms with Crippen molar-refractivity contribution in [2.24, 2.45) is 0 Å². The van der Waals surface area contributed by atoms with Crippen molar-refractivity contribution in [3.8, 4) is 0 Å². The third-order valence-corrected chi connectivity index (χ3v) is 1.42. The first-order chi connectivity index (χ1) is 4.17. The molecule has 1 amide bonds. The molecule has 1 heterocycles. The van der Waals surface area contributed by atoms with Crippen molar-refractivity contribution in [1.82, 2.24) is 4.90 Å². The van der Waals surface area contributed by atoms with E-state index in [1.54, 1.807) is 0 Å². The zero-order chi connectivity index (χ0) is 6.91. The Morgan fingerprint density at radius 2 is 2.22 bits per heavy atom. The fourth-order valence-corrected chi connectivity index (χ4v) is 0.899. The van der Waals surface area contributed by atoms with Crippen LogP contribution in [-0.2, 0) is 4.79 Å². The van der Waals surface area contributed by atoms with Gasteiger partial charge in [-0.2, -0.15) is 8.78 Å². The molecule has 0 aromatic rings. The van der Waals surface area contributed by atoms with E-state index in [0.717, 1.165) is 0 Å². The molecular formula is C5H7F2NO. The van der Waals surface area contributed by atoms with Crippen LogP contribution in [0.4, 0.5) is 8.78 Å². The van der Waals surface area contributed by atoms with Crippen LogP contribution in [0.5, 0.6) is 0 Å². The van der Waals surface area contributed by atoms with Crippen LogP contribution in [0.25, 0.3) is 0 Å². The van der Waals surface area contributed by atoms with Crippen LogP contribution in [0.2, 0.25) is 0 Å². The molecular weight excluding hydrogens is 128 g/mol. The van der Waals surface area contributed by atoms with Crippen molar-refractivity contribution < 1.29 is 13.6 Å². The maximum atomic E-state index is 12.3. The first-order valence-electron chi connectivity index (χ1n) is 2.77. The minimum atomic E-state index is -2.87. The number of nitrogens with zero attached hydrogens (tertiary/aromatic N) is 1. The zero-order valence-corrected chi connectivity index (χ0v) is 4.81. The molecule has 1 saturated heterocycles. The fraction of sp³-hybridized carbons (Fsp3) is 0.800. The van der Waals surface area contributed by atoms with Crippen molar-refractivity contribution in [3.63, 3.8) is 0 Å². The molecule has 0 atom stereocenters. The van der Waals surface area contributed by atoms with Gasteiger partial charge in [-0.1, -0.05) is 0 Å². The molecule has 2 nitrogen and oxygen atoms in total. The quantitative estimate of drug-likeness (QED) is 0.385. The molecule has 1 rings (SSSR count). The molecule has 0 aromatic heterocycles. The Kier molecular flexibility index (Phi) is 1.38. The van der Waals surface area contributed by atoms with Crippen LogP contribution in [0, 0.1) is 0 Å². The van der Waals surface area contributed by atoms with E-state index in [1.807, 2.05) is 0 Å². The lowest BCUT2D eigenvalue weighted by Gasteiger charge is -2.17. The van der Waals surface area contributed by atoms with Gasteiger partial charge in [0, 0.05) is 13.0 Å². The highest BCUT2D eigenvalue weighted by Gasteiger charge is 2.40. The standard InChI is InChI=1S/C5H7F2NO/c6-5(7)2-1-3-8(5)4-9/h4H,1-3H2.